The number of methoxy groups -OCH3 is 1. The van der Waals surface area contributed by atoms with Crippen molar-refractivity contribution in [1.82, 2.24) is 14.8 Å². The number of carbonyl (C=O) groups is 1. The number of hydrogen-bond acceptors (Lipinski definition) is 4. The molecule has 0 N–H and O–H groups in total. The first-order valence-electron chi connectivity index (χ1n) is 5.16. The van der Waals surface area contributed by atoms with Crippen LogP contribution in [-0.2, 0) is 22.4 Å². The number of ether oxygens (including phenoxy) is 1. The fourth-order valence-electron chi connectivity index (χ4n) is 1.38. The maximum Gasteiger partial charge on any atom is 0.330 e. The van der Waals surface area contributed by atoms with Crippen LogP contribution in [0.25, 0.3) is 0 Å². The second-order valence-electron chi connectivity index (χ2n) is 3.30. The third-order valence-electron chi connectivity index (χ3n) is 2.29. The van der Waals surface area contributed by atoms with Gasteiger partial charge in [0.05, 0.1) is 7.11 Å². The molecule has 1 heterocycles. The summed E-state index contributed by atoms with van der Waals surface area (Å²) in [4.78, 5) is 15.7. The third-order valence-corrected chi connectivity index (χ3v) is 2.29. The molecule has 0 amide bonds. The maximum absolute atomic E-state index is 11.4. The second-order valence-corrected chi connectivity index (χ2v) is 3.30. The zero-order valence-corrected chi connectivity index (χ0v) is 9.65. The van der Waals surface area contributed by atoms with E-state index >= 15 is 0 Å². The van der Waals surface area contributed by atoms with Gasteiger partial charge in [-0.1, -0.05) is 13.8 Å². The van der Waals surface area contributed by atoms with Crippen molar-refractivity contribution in [2.45, 2.75) is 39.7 Å². The van der Waals surface area contributed by atoms with E-state index in [-0.39, 0.29) is 5.97 Å². The van der Waals surface area contributed by atoms with Gasteiger partial charge in [0.25, 0.3) is 0 Å². The average molecular weight is 211 g/mol. The number of aryl methyl sites for hydroxylation is 2. The molecule has 1 aromatic rings. The molecular weight excluding hydrogens is 194 g/mol. The summed E-state index contributed by atoms with van der Waals surface area (Å²) in [7, 11) is 1.38. The molecular formula is C10H17N3O2. The van der Waals surface area contributed by atoms with Gasteiger partial charge in [-0.2, -0.15) is 5.10 Å². The molecule has 0 saturated carbocycles. The minimum atomic E-state index is -0.405. The van der Waals surface area contributed by atoms with Crippen LogP contribution in [0.2, 0.25) is 0 Å². The SMILES string of the molecule is CCc1nc(CC)n(C(C)C(=O)OC)n1. The Morgan fingerprint density at radius 3 is 2.60 bits per heavy atom. The van der Waals surface area contributed by atoms with Gasteiger partial charge in [0, 0.05) is 12.8 Å². The van der Waals surface area contributed by atoms with E-state index in [2.05, 4.69) is 14.8 Å². The number of hydrogen-bond donors (Lipinski definition) is 0. The lowest BCUT2D eigenvalue weighted by molar-refractivity contribution is -0.144. The third kappa shape index (κ3) is 2.34. The first-order chi connectivity index (χ1) is 7.13. The van der Waals surface area contributed by atoms with E-state index in [1.165, 1.54) is 7.11 Å². The molecule has 1 atom stereocenters. The van der Waals surface area contributed by atoms with Gasteiger partial charge in [0.1, 0.15) is 11.9 Å². The summed E-state index contributed by atoms with van der Waals surface area (Å²) in [5.41, 5.74) is 0. The van der Waals surface area contributed by atoms with E-state index in [4.69, 9.17) is 0 Å². The Morgan fingerprint density at radius 1 is 1.47 bits per heavy atom. The van der Waals surface area contributed by atoms with Crippen LogP contribution in [0.5, 0.6) is 0 Å². The number of aromatic nitrogens is 3. The molecule has 0 aromatic carbocycles. The van der Waals surface area contributed by atoms with Gasteiger partial charge in [-0.3, -0.25) is 0 Å². The van der Waals surface area contributed by atoms with Gasteiger partial charge < -0.3 is 4.74 Å². The summed E-state index contributed by atoms with van der Waals surface area (Å²) >= 11 is 0. The van der Waals surface area contributed by atoms with Crippen molar-refractivity contribution in [3.8, 4) is 0 Å². The molecule has 0 bridgehead atoms. The molecule has 0 fully saturated rings. The van der Waals surface area contributed by atoms with Crippen molar-refractivity contribution in [3.63, 3.8) is 0 Å². The van der Waals surface area contributed by atoms with Crippen LogP contribution in [0.1, 0.15) is 38.5 Å². The van der Waals surface area contributed by atoms with Gasteiger partial charge >= 0.3 is 5.97 Å². The summed E-state index contributed by atoms with van der Waals surface area (Å²) in [5, 5.41) is 4.27. The molecule has 15 heavy (non-hydrogen) atoms. The number of rotatable bonds is 4. The van der Waals surface area contributed by atoms with Gasteiger partial charge in [-0.25, -0.2) is 14.5 Å². The maximum atomic E-state index is 11.4. The minimum absolute atomic E-state index is 0.294. The van der Waals surface area contributed by atoms with Gasteiger partial charge in [-0.05, 0) is 6.92 Å². The molecule has 0 saturated heterocycles. The van der Waals surface area contributed by atoms with E-state index in [9.17, 15) is 4.79 Å². The van der Waals surface area contributed by atoms with Crippen LogP contribution in [0, 0.1) is 0 Å². The van der Waals surface area contributed by atoms with Crippen LogP contribution in [0.4, 0.5) is 0 Å². The summed E-state index contributed by atoms with van der Waals surface area (Å²) in [6.07, 6.45) is 1.53. The van der Waals surface area contributed by atoms with Crippen molar-refractivity contribution in [1.29, 1.82) is 0 Å². The summed E-state index contributed by atoms with van der Waals surface area (Å²) in [6, 6.07) is -0.405. The molecule has 1 aromatic heterocycles. The first-order valence-corrected chi connectivity index (χ1v) is 5.16. The molecule has 0 aliphatic carbocycles. The summed E-state index contributed by atoms with van der Waals surface area (Å²) in [5.74, 6) is 1.30. The zero-order valence-electron chi connectivity index (χ0n) is 9.65. The predicted molar refractivity (Wildman–Crippen MR) is 55.5 cm³/mol. The second kappa shape index (κ2) is 4.91. The largest absolute Gasteiger partial charge is 0.467 e. The van der Waals surface area contributed by atoms with Gasteiger partial charge in [0.15, 0.2) is 5.82 Å². The number of nitrogens with zero attached hydrogens (tertiary/aromatic N) is 3. The molecule has 0 aliphatic rings. The fourth-order valence-corrected chi connectivity index (χ4v) is 1.38. The smallest absolute Gasteiger partial charge is 0.330 e. The van der Waals surface area contributed by atoms with E-state index in [1.807, 2.05) is 13.8 Å². The minimum Gasteiger partial charge on any atom is -0.467 e. The predicted octanol–water partition coefficient (Wildman–Crippen LogP) is 1.14. The number of esters is 1. The monoisotopic (exact) mass is 211 g/mol. The molecule has 5 nitrogen and oxygen atoms in total. The molecule has 0 spiro atoms. The summed E-state index contributed by atoms with van der Waals surface area (Å²) < 4.78 is 6.32. The Labute approximate surface area is 89.5 Å². The average Bonchev–Trinajstić information content (AvgIpc) is 2.69. The zero-order chi connectivity index (χ0) is 11.4. The summed E-state index contributed by atoms with van der Waals surface area (Å²) in [6.45, 7) is 5.74. The highest BCUT2D eigenvalue weighted by Gasteiger charge is 2.20. The molecule has 1 unspecified atom stereocenters. The Morgan fingerprint density at radius 2 is 2.13 bits per heavy atom. The topological polar surface area (TPSA) is 57.0 Å². The van der Waals surface area contributed by atoms with E-state index in [0.717, 1.165) is 24.5 Å². The Balaban J connectivity index is 3.00. The lowest BCUT2D eigenvalue weighted by Crippen LogP contribution is -2.20. The Hall–Kier alpha value is -1.39. The van der Waals surface area contributed by atoms with Gasteiger partial charge in [-0.15, -0.1) is 0 Å². The molecule has 84 valence electrons. The first kappa shape index (κ1) is 11.7. The van der Waals surface area contributed by atoms with Crippen molar-refractivity contribution in [2.24, 2.45) is 0 Å². The highest BCUT2D eigenvalue weighted by molar-refractivity contribution is 5.73. The van der Waals surface area contributed by atoms with Crippen LogP contribution in [-0.4, -0.2) is 27.8 Å². The normalized spacial score (nSPS) is 12.5. The lowest BCUT2D eigenvalue weighted by Gasteiger charge is -2.10. The molecule has 0 aliphatic heterocycles. The highest BCUT2D eigenvalue weighted by atomic mass is 16.5. The standard InChI is InChI=1S/C10H17N3O2/c1-5-8-11-9(6-2)13(12-8)7(3)10(14)15-4/h7H,5-6H2,1-4H3. The van der Waals surface area contributed by atoms with E-state index in [1.54, 1.807) is 11.6 Å². The Kier molecular flexibility index (Phi) is 3.82. The lowest BCUT2D eigenvalue weighted by atomic mass is 10.3. The van der Waals surface area contributed by atoms with Crippen molar-refractivity contribution in [3.05, 3.63) is 11.6 Å². The van der Waals surface area contributed by atoms with Crippen LogP contribution >= 0.6 is 0 Å². The quantitative estimate of drug-likeness (QED) is 0.701. The van der Waals surface area contributed by atoms with Crippen molar-refractivity contribution in [2.75, 3.05) is 7.11 Å². The van der Waals surface area contributed by atoms with Crippen LogP contribution in [0.15, 0.2) is 0 Å². The molecule has 0 radical (unpaired) electrons. The van der Waals surface area contributed by atoms with Crippen LogP contribution < -0.4 is 0 Å². The Bertz CT molecular complexity index is 346. The van der Waals surface area contributed by atoms with Gasteiger partial charge in [0.2, 0.25) is 0 Å². The number of carbonyl (C=O) groups excluding carboxylic acids is 1. The fraction of sp³-hybridized carbons (Fsp3) is 0.700. The van der Waals surface area contributed by atoms with E-state index in [0.29, 0.717) is 0 Å². The van der Waals surface area contributed by atoms with Crippen molar-refractivity contribution < 1.29 is 9.53 Å². The highest BCUT2D eigenvalue weighted by Crippen LogP contribution is 2.11. The molecule has 5 heteroatoms. The van der Waals surface area contributed by atoms with Crippen LogP contribution in [0.3, 0.4) is 0 Å². The van der Waals surface area contributed by atoms with Crippen molar-refractivity contribution >= 4 is 5.97 Å². The molecule has 1 rings (SSSR count). The van der Waals surface area contributed by atoms with E-state index < -0.39 is 6.04 Å².